The van der Waals surface area contributed by atoms with Gasteiger partial charge in [-0.1, -0.05) is 26.0 Å². The van der Waals surface area contributed by atoms with Gasteiger partial charge in [-0.25, -0.2) is 9.37 Å². The second-order valence-electron chi connectivity index (χ2n) is 7.08. The van der Waals surface area contributed by atoms with Crippen molar-refractivity contribution in [2.24, 2.45) is 0 Å². The van der Waals surface area contributed by atoms with Crippen LogP contribution in [0, 0.1) is 22.9 Å². The minimum atomic E-state index is -0.792. The van der Waals surface area contributed by atoms with Crippen molar-refractivity contribution in [1.82, 2.24) is 9.55 Å². The number of nitrogens with one attached hydrogen (secondary N) is 1. The molecule has 1 N–H and O–H groups in total. The van der Waals surface area contributed by atoms with E-state index in [2.05, 4.69) is 24.1 Å². The zero-order valence-corrected chi connectivity index (χ0v) is 16.3. The lowest BCUT2D eigenvalue weighted by Crippen LogP contribution is -2.13. The van der Waals surface area contributed by atoms with Gasteiger partial charge in [0.1, 0.15) is 11.6 Å². The quantitative estimate of drug-likeness (QED) is 0.485. The van der Waals surface area contributed by atoms with Gasteiger partial charge < -0.3 is 9.88 Å². The van der Waals surface area contributed by atoms with E-state index in [0.717, 1.165) is 23.5 Å². The highest BCUT2D eigenvalue weighted by atomic mass is 19.1. The Bertz CT molecular complexity index is 1080. The van der Waals surface area contributed by atoms with Crippen LogP contribution in [0.25, 0.3) is 0 Å². The highest BCUT2D eigenvalue weighted by Gasteiger charge is 2.19. The summed E-state index contributed by atoms with van der Waals surface area (Å²) in [5, 5.41) is 13.8. The van der Waals surface area contributed by atoms with Gasteiger partial charge in [-0.05, 0) is 30.7 Å². The zero-order chi connectivity index (χ0) is 21.1. The van der Waals surface area contributed by atoms with Crippen LogP contribution in [0.15, 0.2) is 48.8 Å². The molecule has 0 radical (unpaired) electrons. The molecule has 3 aromatic rings. The Morgan fingerprint density at radius 3 is 2.76 bits per heavy atom. The number of benzene rings is 2. The number of amides is 1. The normalized spacial score (nSPS) is 10.9. The summed E-state index contributed by atoms with van der Waals surface area (Å²) in [5.41, 5.74) is 0.827. The van der Waals surface area contributed by atoms with Crippen LogP contribution in [0.4, 0.5) is 15.8 Å². The molecule has 1 amide bonds. The van der Waals surface area contributed by atoms with Crippen LogP contribution in [0.2, 0.25) is 0 Å². The lowest BCUT2D eigenvalue weighted by molar-refractivity contribution is -0.385. The molecule has 0 spiro atoms. The SMILES string of the molecule is Cc1c(F)cc(C(=O)Nc2cccc(Cn3ccnc3C(C)C)c2)cc1[N+](=O)[O-]. The van der Waals surface area contributed by atoms with Crippen LogP contribution >= 0.6 is 0 Å². The van der Waals surface area contributed by atoms with Gasteiger partial charge in [0.25, 0.3) is 11.6 Å². The third kappa shape index (κ3) is 4.48. The maximum Gasteiger partial charge on any atom is 0.276 e. The Balaban J connectivity index is 1.81. The van der Waals surface area contributed by atoms with Gasteiger partial charge in [0, 0.05) is 42.2 Å². The molecule has 0 aliphatic heterocycles. The van der Waals surface area contributed by atoms with E-state index in [1.165, 1.54) is 6.92 Å². The molecule has 0 aliphatic rings. The number of halogens is 1. The van der Waals surface area contributed by atoms with E-state index in [1.807, 2.05) is 16.8 Å². The van der Waals surface area contributed by atoms with Crippen molar-refractivity contribution in [2.75, 3.05) is 5.32 Å². The number of imidazole rings is 1. The number of nitro groups is 1. The van der Waals surface area contributed by atoms with Crippen molar-refractivity contribution in [2.45, 2.75) is 33.2 Å². The van der Waals surface area contributed by atoms with Gasteiger partial charge in [0.2, 0.25) is 0 Å². The standard InChI is InChI=1S/C21H21FN4O3/c1-13(2)20-23-7-8-25(20)12-15-5-4-6-17(9-15)24-21(27)16-10-18(22)14(3)19(11-16)26(28)29/h4-11,13H,12H2,1-3H3,(H,24,27). The Morgan fingerprint density at radius 1 is 1.31 bits per heavy atom. The van der Waals surface area contributed by atoms with E-state index in [9.17, 15) is 19.3 Å². The summed E-state index contributed by atoms with van der Waals surface area (Å²) in [6.07, 6.45) is 3.65. The molecule has 8 heteroatoms. The van der Waals surface area contributed by atoms with Crippen molar-refractivity contribution in [3.8, 4) is 0 Å². The van der Waals surface area contributed by atoms with E-state index in [-0.39, 0.29) is 17.0 Å². The zero-order valence-electron chi connectivity index (χ0n) is 16.3. The minimum Gasteiger partial charge on any atom is -0.330 e. The maximum absolute atomic E-state index is 14.0. The molecule has 0 saturated heterocycles. The third-order valence-electron chi connectivity index (χ3n) is 4.58. The Hall–Kier alpha value is -3.55. The Kier molecular flexibility index (Phi) is 5.72. The van der Waals surface area contributed by atoms with Crippen LogP contribution in [0.5, 0.6) is 0 Å². The molecule has 1 heterocycles. The van der Waals surface area contributed by atoms with E-state index >= 15 is 0 Å². The summed E-state index contributed by atoms with van der Waals surface area (Å²) >= 11 is 0. The lowest BCUT2D eigenvalue weighted by Gasteiger charge is -2.12. The van der Waals surface area contributed by atoms with Gasteiger partial charge >= 0.3 is 0 Å². The summed E-state index contributed by atoms with van der Waals surface area (Å²) < 4.78 is 16.0. The number of hydrogen-bond donors (Lipinski definition) is 1. The Labute approximate surface area is 167 Å². The molecule has 0 fully saturated rings. The first-order chi connectivity index (χ1) is 13.8. The van der Waals surface area contributed by atoms with Gasteiger partial charge in [-0.3, -0.25) is 14.9 Å². The molecule has 0 unspecified atom stereocenters. The molecule has 7 nitrogen and oxygen atoms in total. The highest BCUT2D eigenvalue weighted by Crippen LogP contribution is 2.24. The van der Waals surface area contributed by atoms with Crippen molar-refractivity contribution in [1.29, 1.82) is 0 Å². The largest absolute Gasteiger partial charge is 0.330 e. The van der Waals surface area contributed by atoms with Gasteiger partial charge in [0.15, 0.2) is 0 Å². The summed E-state index contributed by atoms with van der Waals surface area (Å²) in [6, 6.07) is 9.32. The smallest absolute Gasteiger partial charge is 0.276 e. The maximum atomic E-state index is 14.0. The van der Waals surface area contributed by atoms with Gasteiger partial charge in [-0.2, -0.15) is 0 Å². The summed E-state index contributed by atoms with van der Waals surface area (Å²) in [5.74, 6) is -0.170. The van der Waals surface area contributed by atoms with Crippen molar-refractivity contribution < 1.29 is 14.1 Å². The topological polar surface area (TPSA) is 90.1 Å². The molecule has 1 aromatic heterocycles. The molecule has 29 heavy (non-hydrogen) atoms. The monoisotopic (exact) mass is 396 g/mol. The van der Waals surface area contributed by atoms with Crippen LogP contribution in [-0.4, -0.2) is 20.4 Å². The van der Waals surface area contributed by atoms with E-state index < -0.39 is 22.3 Å². The molecular weight excluding hydrogens is 375 g/mol. The fourth-order valence-corrected chi connectivity index (χ4v) is 3.09. The van der Waals surface area contributed by atoms with Crippen molar-refractivity contribution >= 4 is 17.3 Å². The predicted molar refractivity (Wildman–Crippen MR) is 108 cm³/mol. The van der Waals surface area contributed by atoms with Crippen LogP contribution in [0.1, 0.15) is 47.1 Å². The van der Waals surface area contributed by atoms with Crippen molar-refractivity contribution in [3.05, 3.63) is 87.2 Å². The van der Waals surface area contributed by atoms with Gasteiger partial charge in [-0.15, -0.1) is 0 Å². The highest BCUT2D eigenvalue weighted by molar-refractivity contribution is 6.04. The number of rotatable bonds is 6. The first kappa shape index (κ1) is 20.2. The van der Waals surface area contributed by atoms with E-state index in [1.54, 1.807) is 24.4 Å². The fraction of sp³-hybridized carbons (Fsp3) is 0.238. The van der Waals surface area contributed by atoms with Crippen molar-refractivity contribution in [3.63, 3.8) is 0 Å². The molecule has 0 aliphatic carbocycles. The number of carbonyl (C=O) groups is 1. The molecular formula is C21H21FN4O3. The fourth-order valence-electron chi connectivity index (χ4n) is 3.09. The number of carbonyl (C=O) groups excluding carboxylic acids is 1. The van der Waals surface area contributed by atoms with E-state index in [0.29, 0.717) is 12.2 Å². The first-order valence-corrected chi connectivity index (χ1v) is 9.12. The molecule has 150 valence electrons. The number of nitrogens with zero attached hydrogens (tertiary/aromatic N) is 3. The predicted octanol–water partition coefficient (Wildman–Crippen LogP) is 4.66. The molecule has 0 saturated carbocycles. The average molecular weight is 396 g/mol. The molecule has 0 atom stereocenters. The number of aromatic nitrogens is 2. The first-order valence-electron chi connectivity index (χ1n) is 9.12. The number of hydrogen-bond acceptors (Lipinski definition) is 4. The van der Waals surface area contributed by atoms with Crippen LogP contribution in [-0.2, 0) is 6.54 Å². The summed E-state index contributed by atoms with van der Waals surface area (Å²) in [4.78, 5) is 27.2. The van der Waals surface area contributed by atoms with Gasteiger partial charge in [0.05, 0.1) is 10.5 Å². The Morgan fingerprint density at radius 2 is 2.07 bits per heavy atom. The number of nitro benzene ring substituents is 1. The molecule has 0 bridgehead atoms. The second-order valence-corrected chi connectivity index (χ2v) is 7.08. The molecule has 3 rings (SSSR count). The lowest BCUT2D eigenvalue weighted by atomic mass is 10.1. The molecule has 2 aromatic carbocycles. The summed E-state index contributed by atoms with van der Waals surface area (Å²) in [7, 11) is 0. The minimum absolute atomic E-state index is 0.102. The number of anilines is 1. The second kappa shape index (κ2) is 8.22. The summed E-state index contributed by atoms with van der Waals surface area (Å²) in [6.45, 7) is 6.02. The third-order valence-corrected chi connectivity index (χ3v) is 4.58. The average Bonchev–Trinajstić information content (AvgIpc) is 3.12. The van der Waals surface area contributed by atoms with E-state index in [4.69, 9.17) is 0 Å². The van der Waals surface area contributed by atoms with Crippen LogP contribution in [0.3, 0.4) is 0 Å². The van der Waals surface area contributed by atoms with Crippen LogP contribution < -0.4 is 5.32 Å².